The zero-order valence-electron chi connectivity index (χ0n) is 25.7. The Bertz CT molecular complexity index is 1870. The molecule has 2 aromatic heterocycles. The van der Waals surface area contributed by atoms with Gasteiger partial charge < -0.3 is 0 Å². The molecule has 0 saturated heterocycles. The molecule has 5 rings (SSSR count). The molecule has 1 N–H and O–H groups in total. The van der Waals surface area contributed by atoms with E-state index in [2.05, 4.69) is 66.9 Å². The third kappa shape index (κ3) is 7.34. The van der Waals surface area contributed by atoms with Crippen molar-refractivity contribution in [2.75, 3.05) is 4.72 Å². The first-order valence-electron chi connectivity index (χ1n) is 14.9. The van der Waals surface area contributed by atoms with Gasteiger partial charge in [-0.3, -0.25) is 14.3 Å². The molecule has 2 heterocycles. The first-order chi connectivity index (χ1) is 21.0. The lowest BCUT2D eigenvalue weighted by molar-refractivity contribution is 0.588. The number of benzene rings is 3. The lowest BCUT2D eigenvalue weighted by Crippen LogP contribution is -2.25. The van der Waals surface area contributed by atoms with E-state index < -0.39 is 10.0 Å². The Morgan fingerprint density at radius 3 is 2.25 bits per heavy atom. The van der Waals surface area contributed by atoms with E-state index in [1.165, 1.54) is 11.8 Å². The van der Waals surface area contributed by atoms with Gasteiger partial charge in [-0.1, -0.05) is 81.4 Å². The summed E-state index contributed by atoms with van der Waals surface area (Å²) in [6.07, 6.45) is 3.88. The number of sulfonamides is 1. The predicted octanol–water partition coefficient (Wildman–Crippen LogP) is 6.45. The number of rotatable bonds is 11. The number of aryl methyl sites for hydroxylation is 2. The van der Waals surface area contributed by atoms with Crippen molar-refractivity contribution in [3.05, 3.63) is 130 Å². The molecule has 0 atom stereocenters. The molecule has 0 fully saturated rings. The summed E-state index contributed by atoms with van der Waals surface area (Å²) in [5.41, 5.74) is 5.58. The monoisotopic (exact) mass is 609 g/mol. The maximum absolute atomic E-state index is 13.1. The standard InChI is InChI=1S/C35H39N5O3S/c1-5-39-33(37-40(34(39)41)25-27-17-19-29(20-18-27)35(2,3)4)16-10-12-26-11-9-13-28(23-26)32-22-21-30(24-36-32)38-44(42,43)31-14-7-6-8-15-31/h6-9,11,13-15,17-24,38H,5,10,12,16,25H2,1-4H3. The lowest BCUT2D eigenvalue weighted by atomic mass is 9.87. The van der Waals surface area contributed by atoms with Crippen molar-refractivity contribution in [1.29, 1.82) is 0 Å². The van der Waals surface area contributed by atoms with Crippen molar-refractivity contribution >= 4 is 15.7 Å². The molecule has 8 nitrogen and oxygen atoms in total. The van der Waals surface area contributed by atoms with Crippen LogP contribution in [0.3, 0.4) is 0 Å². The van der Waals surface area contributed by atoms with E-state index in [9.17, 15) is 13.2 Å². The van der Waals surface area contributed by atoms with E-state index in [4.69, 9.17) is 5.10 Å². The minimum absolute atomic E-state index is 0.0787. The number of anilines is 1. The molecule has 3 aromatic carbocycles. The number of hydrogen-bond donors (Lipinski definition) is 1. The average molecular weight is 610 g/mol. The molecule has 0 spiro atoms. The molecule has 0 aliphatic carbocycles. The number of nitrogens with zero attached hydrogens (tertiary/aromatic N) is 4. The van der Waals surface area contributed by atoms with Crippen molar-refractivity contribution < 1.29 is 8.42 Å². The minimum atomic E-state index is -3.68. The topological polar surface area (TPSA) is 98.9 Å². The van der Waals surface area contributed by atoms with Gasteiger partial charge in [-0.15, -0.1) is 0 Å². The highest BCUT2D eigenvalue weighted by atomic mass is 32.2. The molecule has 5 aromatic rings. The Balaban J connectivity index is 1.21. The number of aromatic nitrogens is 4. The molecule has 44 heavy (non-hydrogen) atoms. The summed E-state index contributed by atoms with van der Waals surface area (Å²) < 4.78 is 31.2. The Morgan fingerprint density at radius 1 is 0.841 bits per heavy atom. The molecular weight excluding hydrogens is 570 g/mol. The van der Waals surface area contributed by atoms with Crippen LogP contribution >= 0.6 is 0 Å². The van der Waals surface area contributed by atoms with Gasteiger partial charge >= 0.3 is 5.69 Å². The van der Waals surface area contributed by atoms with Crippen molar-refractivity contribution in [2.45, 2.75) is 70.4 Å². The van der Waals surface area contributed by atoms with Crippen LogP contribution in [-0.2, 0) is 41.4 Å². The molecule has 0 aliphatic heterocycles. The van der Waals surface area contributed by atoms with Gasteiger partial charge in [0.2, 0.25) is 0 Å². The summed E-state index contributed by atoms with van der Waals surface area (Å²) in [5, 5.41) is 4.70. The zero-order valence-corrected chi connectivity index (χ0v) is 26.5. The van der Waals surface area contributed by atoms with E-state index in [0.29, 0.717) is 25.2 Å². The second-order valence-electron chi connectivity index (χ2n) is 12.0. The van der Waals surface area contributed by atoms with Gasteiger partial charge in [0, 0.05) is 18.5 Å². The van der Waals surface area contributed by atoms with Crippen LogP contribution < -0.4 is 10.4 Å². The maximum atomic E-state index is 13.1. The van der Waals surface area contributed by atoms with E-state index in [1.54, 1.807) is 45.6 Å². The highest BCUT2D eigenvalue weighted by molar-refractivity contribution is 7.92. The number of pyridine rings is 1. The highest BCUT2D eigenvalue weighted by Gasteiger charge is 2.16. The quantitative estimate of drug-likeness (QED) is 0.186. The van der Waals surface area contributed by atoms with Crippen molar-refractivity contribution in [1.82, 2.24) is 19.3 Å². The van der Waals surface area contributed by atoms with Crippen molar-refractivity contribution in [2.24, 2.45) is 0 Å². The summed E-state index contributed by atoms with van der Waals surface area (Å²) in [7, 11) is -3.68. The molecule has 0 radical (unpaired) electrons. The Hall–Kier alpha value is -4.50. The predicted molar refractivity (Wildman–Crippen MR) is 175 cm³/mol. The van der Waals surface area contributed by atoms with Crippen molar-refractivity contribution in [3.63, 3.8) is 0 Å². The summed E-state index contributed by atoms with van der Waals surface area (Å²) >= 11 is 0. The number of nitrogens with one attached hydrogen (secondary N) is 1. The van der Waals surface area contributed by atoms with Crippen LogP contribution in [-0.4, -0.2) is 27.7 Å². The van der Waals surface area contributed by atoms with Gasteiger partial charge in [0.25, 0.3) is 10.0 Å². The van der Waals surface area contributed by atoms with Crippen LogP contribution in [0.1, 0.15) is 56.6 Å². The smallest absolute Gasteiger partial charge is 0.279 e. The molecule has 228 valence electrons. The van der Waals surface area contributed by atoms with Crippen LogP contribution in [0.15, 0.2) is 107 Å². The lowest BCUT2D eigenvalue weighted by Gasteiger charge is -2.19. The second-order valence-corrected chi connectivity index (χ2v) is 13.6. The second kappa shape index (κ2) is 13.0. The van der Waals surface area contributed by atoms with E-state index >= 15 is 0 Å². The normalized spacial score (nSPS) is 11.9. The average Bonchev–Trinajstić information content (AvgIpc) is 3.31. The largest absolute Gasteiger partial charge is 0.346 e. The fraction of sp³-hybridized carbons (Fsp3) is 0.286. The van der Waals surface area contributed by atoms with Crippen LogP contribution in [0.2, 0.25) is 0 Å². The first kappa shape index (κ1) is 30.9. The van der Waals surface area contributed by atoms with Gasteiger partial charge in [-0.25, -0.2) is 17.9 Å². The van der Waals surface area contributed by atoms with Crippen LogP contribution in [0.4, 0.5) is 5.69 Å². The van der Waals surface area contributed by atoms with E-state index in [0.717, 1.165) is 41.1 Å². The molecule has 0 saturated carbocycles. The van der Waals surface area contributed by atoms with E-state index in [1.807, 2.05) is 25.1 Å². The Labute approximate surface area is 259 Å². The number of hydrogen-bond acceptors (Lipinski definition) is 5. The van der Waals surface area contributed by atoms with Gasteiger partial charge in [-0.05, 0) is 72.2 Å². The first-order valence-corrected chi connectivity index (χ1v) is 16.4. The van der Waals surface area contributed by atoms with E-state index in [-0.39, 0.29) is 16.0 Å². The molecule has 9 heteroatoms. The molecule has 0 unspecified atom stereocenters. The third-order valence-electron chi connectivity index (χ3n) is 7.63. The summed E-state index contributed by atoms with van der Waals surface area (Å²) in [4.78, 5) is 17.8. The molecule has 0 amide bonds. The van der Waals surface area contributed by atoms with Crippen LogP contribution in [0.5, 0.6) is 0 Å². The molecule has 0 aliphatic rings. The molecule has 0 bridgehead atoms. The maximum Gasteiger partial charge on any atom is 0.346 e. The van der Waals surface area contributed by atoms with Crippen LogP contribution in [0, 0.1) is 0 Å². The third-order valence-corrected chi connectivity index (χ3v) is 9.02. The van der Waals surface area contributed by atoms with Crippen molar-refractivity contribution in [3.8, 4) is 11.3 Å². The van der Waals surface area contributed by atoms with Gasteiger partial charge in [0.15, 0.2) is 0 Å². The zero-order chi connectivity index (χ0) is 31.3. The highest BCUT2D eigenvalue weighted by Crippen LogP contribution is 2.23. The van der Waals surface area contributed by atoms with Gasteiger partial charge in [0.1, 0.15) is 5.82 Å². The fourth-order valence-corrected chi connectivity index (χ4v) is 6.21. The Morgan fingerprint density at radius 2 is 1.59 bits per heavy atom. The minimum Gasteiger partial charge on any atom is -0.279 e. The fourth-order valence-electron chi connectivity index (χ4n) is 5.15. The Kier molecular flexibility index (Phi) is 9.15. The summed E-state index contributed by atoms with van der Waals surface area (Å²) in [5.74, 6) is 0.801. The van der Waals surface area contributed by atoms with Gasteiger partial charge in [-0.2, -0.15) is 5.10 Å². The summed E-state index contributed by atoms with van der Waals surface area (Å²) in [6.45, 7) is 9.57. The van der Waals surface area contributed by atoms with Gasteiger partial charge in [0.05, 0.1) is 29.0 Å². The SMILES string of the molecule is CCn1c(CCCc2cccc(-c3ccc(NS(=O)(=O)c4ccccc4)cn3)c2)nn(Cc2ccc(C(C)(C)C)cc2)c1=O. The summed E-state index contributed by atoms with van der Waals surface area (Å²) in [6, 6.07) is 28.4. The van der Waals surface area contributed by atoms with Crippen LogP contribution in [0.25, 0.3) is 11.3 Å². The molecular formula is C35H39N5O3S.